The first kappa shape index (κ1) is 21.5. The standard InChI is InChI=1S/C27H23N5O2/c1-2-25(33)32-14-12-20(16-32)22-11-10-21(23-15-28-17-30-26(22)23)18-6-8-19(9-7-18)27(34)31-24-5-3-4-13-29-24/h2-11,13,15,17,20H,1,12,14,16H2,(H,29,31,34). The summed E-state index contributed by atoms with van der Waals surface area (Å²) in [6, 6.07) is 17.0. The van der Waals surface area contributed by atoms with Crippen LogP contribution in [0.15, 0.2) is 86.0 Å². The zero-order valence-corrected chi connectivity index (χ0v) is 18.5. The molecule has 1 atom stereocenters. The van der Waals surface area contributed by atoms with E-state index in [9.17, 15) is 9.59 Å². The second-order valence-electron chi connectivity index (χ2n) is 8.21. The fourth-order valence-electron chi connectivity index (χ4n) is 4.45. The van der Waals surface area contributed by atoms with Crippen LogP contribution in [0, 0.1) is 0 Å². The molecule has 2 aromatic carbocycles. The number of hydrogen-bond donors (Lipinski definition) is 1. The van der Waals surface area contributed by atoms with Gasteiger partial charge in [0.1, 0.15) is 12.1 Å². The van der Waals surface area contributed by atoms with Gasteiger partial charge in [-0.05, 0) is 53.5 Å². The number of nitrogens with one attached hydrogen (secondary N) is 1. The highest BCUT2D eigenvalue weighted by molar-refractivity contribution is 6.04. The van der Waals surface area contributed by atoms with Crippen LogP contribution >= 0.6 is 0 Å². The lowest BCUT2D eigenvalue weighted by Gasteiger charge is -2.17. The topological polar surface area (TPSA) is 88.1 Å². The second-order valence-corrected chi connectivity index (χ2v) is 8.21. The molecule has 7 heteroatoms. The number of fused-ring (bicyclic) bond motifs is 1. The minimum Gasteiger partial charge on any atom is -0.339 e. The summed E-state index contributed by atoms with van der Waals surface area (Å²) < 4.78 is 0. The number of rotatable bonds is 5. The van der Waals surface area contributed by atoms with E-state index < -0.39 is 0 Å². The van der Waals surface area contributed by atoms with Crippen molar-refractivity contribution in [3.63, 3.8) is 0 Å². The Balaban J connectivity index is 1.42. The summed E-state index contributed by atoms with van der Waals surface area (Å²) in [6.07, 6.45) is 7.27. The van der Waals surface area contributed by atoms with Crippen molar-refractivity contribution in [1.29, 1.82) is 0 Å². The van der Waals surface area contributed by atoms with E-state index in [2.05, 4.69) is 39.0 Å². The summed E-state index contributed by atoms with van der Waals surface area (Å²) in [5.74, 6) is 0.475. The van der Waals surface area contributed by atoms with Crippen LogP contribution in [0.5, 0.6) is 0 Å². The fraction of sp³-hybridized carbons (Fsp3) is 0.148. The van der Waals surface area contributed by atoms with E-state index in [1.165, 1.54) is 6.08 Å². The molecular weight excluding hydrogens is 426 g/mol. The highest BCUT2D eigenvalue weighted by Crippen LogP contribution is 2.36. The number of likely N-dealkylation sites (tertiary alicyclic amines) is 1. The molecule has 34 heavy (non-hydrogen) atoms. The molecule has 3 heterocycles. The van der Waals surface area contributed by atoms with Gasteiger partial charge >= 0.3 is 0 Å². The molecule has 0 spiro atoms. The van der Waals surface area contributed by atoms with Gasteiger partial charge in [0.15, 0.2) is 0 Å². The Morgan fingerprint density at radius 3 is 2.68 bits per heavy atom. The quantitative estimate of drug-likeness (QED) is 0.455. The first-order valence-corrected chi connectivity index (χ1v) is 11.1. The summed E-state index contributed by atoms with van der Waals surface area (Å²) in [7, 11) is 0. The molecule has 1 N–H and O–H groups in total. The molecule has 1 unspecified atom stereocenters. The molecule has 0 aliphatic carbocycles. The molecule has 1 aliphatic heterocycles. The van der Waals surface area contributed by atoms with Gasteiger partial charge in [0, 0.05) is 42.4 Å². The maximum atomic E-state index is 12.6. The largest absolute Gasteiger partial charge is 0.339 e. The Morgan fingerprint density at radius 1 is 1.06 bits per heavy atom. The normalized spacial score (nSPS) is 15.3. The van der Waals surface area contributed by atoms with Crippen molar-refractivity contribution in [2.75, 3.05) is 18.4 Å². The van der Waals surface area contributed by atoms with Crippen LogP contribution < -0.4 is 5.32 Å². The monoisotopic (exact) mass is 449 g/mol. The Hall–Kier alpha value is -4.39. The van der Waals surface area contributed by atoms with Gasteiger partial charge in [-0.25, -0.2) is 15.0 Å². The van der Waals surface area contributed by atoms with Crippen molar-refractivity contribution >= 4 is 28.5 Å². The molecule has 1 saturated heterocycles. The van der Waals surface area contributed by atoms with Crippen molar-refractivity contribution in [1.82, 2.24) is 19.9 Å². The van der Waals surface area contributed by atoms with Gasteiger partial charge in [-0.2, -0.15) is 0 Å². The molecule has 0 saturated carbocycles. The Labute approximate surface area is 197 Å². The van der Waals surface area contributed by atoms with Crippen molar-refractivity contribution in [3.05, 3.63) is 97.1 Å². The summed E-state index contributed by atoms with van der Waals surface area (Å²) in [5.41, 5.74) is 4.52. The van der Waals surface area contributed by atoms with Gasteiger partial charge in [0.25, 0.3) is 5.91 Å². The summed E-state index contributed by atoms with van der Waals surface area (Å²) >= 11 is 0. The molecule has 1 fully saturated rings. The van der Waals surface area contributed by atoms with Crippen molar-refractivity contribution in [2.24, 2.45) is 0 Å². The number of pyridine rings is 1. The van der Waals surface area contributed by atoms with Crippen LogP contribution in [0.3, 0.4) is 0 Å². The Bertz CT molecular complexity index is 1370. The number of nitrogens with zero attached hydrogens (tertiary/aromatic N) is 4. The number of aromatic nitrogens is 3. The van der Waals surface area contributed by atoms with E-state index in [1.54, 1.807) is 36.8 Å². The Kier molecular flexibility index (Phi) is 5.82. The van der Waals surface area contributed by atoms with Crippen LogP contribution in [0.2, 0.25) is 0 Å². The third-order valence-electron chi connectivity index (χ3n) is 6.18. The van der Waals surface area contributed by atoms with Gasteiger partial charge < -0.3 is 10.2 Å². The summed E-state index contributed by atoms with van der Waals surface area (Å²) in [5, 5.41) is 3.74. The lowest BCUT2D eigenvalue weighted by Crippen LogP contribution is -2.26. The molecule has 7 nitrogen and oxygen atoms in total. The van der Waals surface area contributed by atoms with Gasteiger partial charge in [-0.1, -0.05) is 36.9 Å². The number of hydrogen-bond acceptors (Lipinski definition) is 5. The number of carbonyl (C=O) groups is 2. The summed E-state index contributed by atoms with van der Waals surface area (Å²) in [6.45, 7) is 4.97. The zero-order valence-electron chi connectivity index (χ0n) is 18.5. The highest BCUT2D eigenvalue weighted by Gasteiger charge is 2.28. The van der Waals surface area contributed by atoms with E-state index in [0.717, 1.165) is 34.0 Å². The molecule has 0 radical (unpaired) electrons. The van der Waals surface area contributed by atoms with Gasteiger partial charge in [-0.15, -0.1) is 0 Å². The molecule has 1 aliphatic rings. The fourth-order valence-corrected chi connectivity index (χ4v) is 4.45. The van der Waals surface area contributed by atoms with Gasteiger partial charge in [0.2, 0.25) is 5.91 Å². The van der Waals surface area contributed by atoms with Crippen LogP contribution in [-0.2, 0) is 4.79 Å². The molecule has 168 valence electrons. The first-order chi connectivity index (χ1) is 16.6. The number of carbonyl (C=O) groups excluding carboxylic acids is 2. The molecule has 5 rings (SSSR count). The van der Waals surface area contributed by atoms with Crippen LogP contribution in [0.4, 0.5) is 5.82 Å². The maximum Gasteiger partial charge on any atom is 0.256 e. The van der Waals surface area contributed by atoms with Crippen LogP contribution in [0.1, 0.15) is 28.3 Å². The lowest BCUT2D eigenvalue weighted by molar-refractivity contribution is -0.125. The predicted octanol–water partition coefficient (Wildman–Crippen LogP) is 4.45. The molecule has 2 amide bonds. The number of anilines is 1. The van der Waals surface area contributed by atoms with Crippen molar-refractivity contribution < 1.29 is 9.59 Å². The van der Waals surface area contributed by atoms with E-state index in [0.29, 0.717) is 24.5 Å². The smallest absolute Gasteiger partial charge is 0.256 e. The average molecular weight is 450 g/mol. The Morgan fingerprint density at radius 2 is 1.91 bits per heavy atom. The molecule has 4 aromatic rings. The minimum absolute atomic E-state index is 0.0368. The average Bonchev–Trinajstić information content (AvgIpc) is 3.38. The lowest BCUT2D eigenvalue weighted by atomic mass is 9.91. The third kappa shape index (κ3) is 4.15. The van der Waals surface area contributed by atoms with Gasteiger partial charge in [0.05, 0.1) is 5.52 Å². The first-order valence-electron chi connectivity index (χ1n) is 11.1. The maximum absolute atomic E-state index is 12.6. The highest BCUT2D eigenvalue weighted by atomic mass is 16.2. The molecule has 2 aromatic heterocycles. The SMILES string of the molecule is C=CC(=O)N1CCC(c2ccc(-c3ccc(C(=O)Nc4ccccn4)cc3)c3cncnc23)C1. The van der Waals surface area contributed by atoms with E-state index in [4.69, 9.17) is 0 Å². The van der Waals surface area contributed by atoms with E-state index in [1.807, 2.05) is 29.3 Å². The van der Waals surface area contributed by atoms with E-state index in [-0.39, 0.29) is 17.7 Å². The van der Waals surface area contributed by atoms with Crippen molar-refractivity contribution in [2.45, 2.75) is 12.3 Å². The zero-order chi connectivity index (χ0) is 23.5. The second kappa shape index (κ2) is 9.23. The summed E-state index contributed by atoms with van der Waals surface area (Å²) in [4.78, 5) is 39.4. The molecule has 0 bridgehead atoms. The van der Waals surface area contributed by atoms with Crippen molar-refractivity contribution in [3.8, 4) is 11.1 Å². The van der Waals surface area contributed by atoms with Gasteiger partial charge in [-0.3, -0.25) is 9.59 Å². The predicted molar refractivity (Wildman–Crippen MR) is 131 cm³/mol. The minimum atomic E-state index is -0.214. The van der Waals surface area contributed by atoms with Crippen LogP contribution in [0.25, 0.3) is 22.0 Å². The number of benzene rings is 2. The number of amides is 2. The van der Waals surface area contributed by atoms with E-state index >= 15 is 0 Å². The van der Waals surface area contributed by atoms with Crippen LogP contribution in [-0.4, -0.2) is 44.8 Å². The third-order valence-corrected chi connectivity index (χ3v) is 6.18. The molecular formula is C27H23N5O2.